The predicted molar refractivity (Wildman–Crippen MR) is 283 cm³/mol. The highest BCUT2D eigenvalue weighted by Crippen LogP contribution is 2.45. The smallest absolute Gasteiger partial charge is 0.238 e. The van der Waals surface area contributed by atoms with Gasteiger partial charge in [-0.15, -0.1) is 0 Å². The second-order valence-corrected chi connectivity index (χ2v) is 17.5. The van der Waals surface area contributed by atoms with E-state index in [2.05, 4.69) is 234 Å². The molecule has 322 valence electrons. The molecule has 0 fully saturated rings. The molecule has 0 aliphatic heterocycles. The molecule has 0 bridgehead atoms. The fourth-order valence-corrected chi connectivity index (χ4v) is 10.4. The summed E-state index contributed by atoms with van der Waals surface area (Å²) >= 11 is 0. The molecule has 10 aromatic carbocycles. The van der Waals surface area contributed by atoms with E-state index in [-0.39, 0.29) is 0 Å². The van der Waals surface area contributed by atoms with Gasteiger partial charge < -0.3 is 8.98 Å². The van der Waals surface area contributed by atoms with E-state index in [1.54, 1.807) is 0 Å². The number of rotatable bonds is 7. The molecule has 0 amide bonds. The fraction of sp³-hybridized carbons (Fsp3) is 0. The Morgan fingerprint density at radius 2 is 0.754 bits per heavy atom. The maximum absolute atomic E-state index is 7.44. The van der Waals surface area contributed by atoms with Gasteiger partial charge in [0.15, 0.2) is 22.8 Å². The van der Waals surface area contributed by atoms with Gasteiger partial charge in [-0.2, -0.15) is 9.97 Å². The van der Waals surface area contributed by atoms with Gasteiger partial charge in [0.25, 0.3) is 0 Å². The van der Waals surface area contributed by atoms with Crippen molar-refractivity contribution in [2.24, 2.45) is 0 Å². The lowest BCUT2D eigenvalue weighted by Gasteiger charge is -2.14. The molecule has 0 aliphatic rings. The van der Waals surface area contributed by atoms with Crippen molar-refractivity contribution < 1.29 is 4.42 Å². The Kier molecular flexibility index (Phi) is 8.79. The maximum Gasteiger partial charge on any atom is 0.238 e. The molecule has 69 heavy (non-hydrogen) atoms. The van der Waals surface area contributed by atoms with Crippen LogP contribution in [0.15, 0.2) is 241 Å². The third-order valence-corrected chi connectivity index (χ3v) is 13.6. The number of nitrogens with zero attached hydrogens (tertiary/aromatic N) is 5. The normalized spacial score (nSPS) is 11.8. The zero-order valence-corrected chi connectivity index (χ0v) is 37.2. The molecule has 14 rings (SSSR count). The zero-order chi connectivity index (χ0) is 45.4. The lowest BCUT2D eigenvalue weighted by Crippen LogP contribution is -2.07. The maximum atomic E-state index is 7.44. The molecule has 0 N–H and O–H groups in total. The monoisotopic (exact) mass is 881 g/mol. The highest BCUT2D eigenvalue weighted by atomic mass is 16.3. The number of hydrogen-bond donors (Lipinski definition) is 0. The molecule has 0 atom stereocenters. The summed E-state index contributed by atoms with van der Waals surface area (Å²) < 4.78 is 12.0. The first-order valence-corrected chi connectivity index (χ1v) is 23.3. The van der Waals surface area contributed by atoms with Crippen LogP contribution in [0.5, 0.6) is 0 Å². The largest absolute Gasteiger partial charge is 0.452 e. The quantitative estimate of drug-likeness (QED) is 0.160. The van der Waals surface area contributed by atoms with Gasteiger partial charge in [0, 0.05) is 49.1 Å². The fourth-order valence-electron chi connectivity index (χ4n) is 10.4. The van der Waals surface area contributed by atoms with Crippen LogP contribution in [0, 0.1) is 0 Å². The van der Waals surface area contributed by atoms with Crippen molar-refractivity contribution in [1.29, 1.82) is 0 Å². The molecule has 0 spiro atoms. The van der Waals surface area contributed by atoms with E-state index in [0.29, 0.717) is 17.6 Å². The second kappa shape index (κ2) is 15.6. The number of hydrogen-bond acceptors (Lipinski definition) is 4. The number of para-hydroxylation sites is 2. The topological polar surface area (TPSA) is 61.7 Å². The van der Waals surface area contributed by atoms with Gasteiger partial charge >= 0.3 is 0 Å². The summed E-state index contributed by atoms with van der Waals surface area (Å²) in [6.07, 6.45) is 0. The highest BCUT2D eigenvalue weighted by molar-refractivity contribution is 6.26. The molecule has 0 radical (unpaired) electrons. The van der Waals surface area contributed by atoms with Crippen LogP contribution < -0.4 is 0 Å². The summed E-state index contributed by atoms with van der Waals surface area (Å²) in [7, 11) is 0. The molecule has 4 heterocycles. The van der Waals surface area contributed by atoms with E-state index in [1.807, 2.05) is 12.1 Å². The average Bonchev–Trinajstić information content (AvgIpc) is 4.10. The van der Waals surface area contributed by atoms with Crippen LogP contribution >= 0.6 is 0 Å². The van der Waals surface area contributed by atoms with Gasteiger partial charge in [-0.25, -0.2) is 4.98 Å². The van der Waals surface area contributed by atoms with Crippen LogP contribution in [0.1, 0.15) is 0 Å². The van der Waals surface area contributed by atoms with Crippen molar-refractivity contribution in [2.45, 2.75) is 0 Å². The molecular weight excluding hydrogens is 843 g/mol. The Hall–Kier alpha value is -9.39. The summed E-state index contributed by atoms with van der Waals surface area (Å²) in [5.41, 5.74) is 15.1. The molecule has 6 heteroatoms. The number of aromatic nitrogens is 5. The van der Waals surface area contributed by atoms with Crippen LogP contribution in [-0.2, 0) is 0 Å². The van der Waals surface area contributed by atoms with Crippen molar-refractivity contribution in [3.05, 3.63) is 237 Å². The Bertz CT molecular complexity index is 4300. The summed E-state index contributed by atoms with van der Waals surface area (Å²) in [5, 5.41) is 6.45. The standard InChI is InChI=1S/C63H39N5O/c1-4-18-40(19-5-1)43-24-16-26-45(38-43)61-64-62(54-31-11-10-28-47(54)42-22-8-3-9-23-42)66-63(65-61)68-56-33-15-13-30-49(56)51-35-37-53-52-36-34-50-48-29-12-14-32-55(48)67(57(50)59(52)69-60(53)58(51)68)46-27-17-25-44(39-46)41-20-6-2-7-21-41/h1-39H. The van der Waals surface area contributed by atoms with Crippen LogP contribution in [0.25, 0.3) is 133 Å². The van der Waals surface area contributed by atoms with Crippen molar-refractivity contribution in [2.75, 3.05) is 0 Å². The SMILES string of the molecule is c1ccc(-c2cccc(-c3nc(-c4ccccc4-c4ccccc4)nc(-n4c5ccccc5c5ccc6c7ccc8c9ccccc9n(-c9cccc(-c%10ccccc%10)c9)c8c7oc6c54)n3)c2)cc1. The zero-order valence-electron chi connectivity index (χ0n) is 37.2. The highest BCUT2D eigenvalue weighted by Gasteiger charge is 2.25. The minimum absolute atomic E-state index is 0.499. The van der Waals surface area contributed by atoms with E-state index in [9.17, 15) is 0 Å². The third-order valence-electron chi connectivity index (χ3n) is 13.6. The molecule has 0 unspecified atom stereocenters. The molecule has 6 nitrogen and oxygen atoms in total. The average molecular weight is 882 g/mol. The Labute approximate surface area is 396 Å². The van der Waals surface area contributed by atoms with Gasteiger partial charge in [0.05, 0.1) is 16.6 Å². The Morgan fingerprint density at radius 3 is 1.41 bits per heavy atom. The van der Waals surface area contributed by atoms with Crippen LogP contribution in [0.4, 0.5) is 0 Å². The predicted octanol–water partition coefficient (Wildman–Crippen LogP) is 16.3. The van der Waals surface area contributed by atoms with Crippen LogP contribution in [0.3, 0.4) is 0 Å². The molecule has 14 aromatic rings. The Morgan fingerprint density at radius 1 is 0.290 bits per heavy atom. The summed E-state index contributed by atoms with van der Waals surface area (Å²) in [6, 6.07) is 83.1. The van der Waals surface area contributed by atoms with Crippen LogP contribution in [0.2, 0.25) is 0 Å². The van der Waals surface area contributed by atoms with Gasteiger partial charge in [0.1, 0.15) is 5.52 Å². The lowest BCUT2D eigenvalue weighted by molar-refractivity contribution is 0.673. The van der Waals surface area contributed by atoms with Crippen molar-refractivity contribution in [3.63, 3.8) is 0 Å². The Balaban J connectivity index is 1.06. The summed E-state index contributed by atoms with van der Waals surface area (Å²) in [5.74, 6) is 1.65. The molecule has 0 saturated heterocycles. The van der Waals surface area contributed by atoms with Gasteiger partial charge in [0.2, 0.25) is 5.95 Å². The first-order chi connectivity index (χ1) is 34.2. The summed E-state index contributed by atoms with van der Waals surface area (Å²) in [6.45, 7) is 0. The molecule has 0 aliphatic carbocycles. The van der Waals surface area contributed by atoms with E-state index in [0.717, 1.165) is 110 Å². The number of fused-ring (bicyclic) bond motifs is 11. The molecular formula is C63H39N5O. The minimum atomic E-state index is 0.499. The van der Waals surface area contributed by atoms with E-state index < -0.39 is 0 Å². The minimum Gasteiger partial charge on any atom is -0.452 e. The number of furan rings is 1. The van der Waals surface area contributed by atoms with E-state index in [4.69, 9.17) is 19.4 Å². The first kappa shape index (κ1) is 38.8. The second-order valence-electron chi connectivity index (χ2n) is 17.5. The van der Waals surface area contributed by atoms with E-state index >= 15 is 0 Å². The van der Waals surface area contributed by atoms with Crippen molar-refractivity contribution in [3.8, 4) is 67.8 Å². The molecule has 0 saturated carbocycles. The molecule has 4 aromatic heterocycles. The lowest BCUT2D eigenvalue weighted by atomic mass is 9.99. The van der Waals surface area contributed by atoms with Crippen molar-refractivity contribution in [1.82, 2.24) is 24.1 Å². The summed E-state index contributed by atoms with van der Waals surface area (Å²) in [4.78, 5) is 16.2. The van der Waals surface area contributed by atoms with E-state index in [1.165, 1.54) is 5.56 Å². The third kappa shape index (κ3) is 6.23. The van der Waals surface area contributed by atoms with Gasteiger partial charge in [-0.3, -0.25) is 4.57 Å². The van der Waals surface area contributed by atoms with Gasteiger partial charge in [-0.1, -0.05) is 194 Å². The van der Waals surface area contributed by atoms with Crippen LogP contribution in [-0.4, -0.2) is 24.1 Å². The first-order valence-electron chi connectivity index (χ1n) is 23.3. The van der Waals surface area contributed by atoms with Gasteiger partial charge in [-0.05, 0) is 75.8 Å². The number of benzene rings is 10. The van der Waals surface area contributed by atoms with Crippen molar-refractivity contribution >= 4 is 65.6 Å².